The topological polar surface area (TPSA) is 65.7 Å². The molecule has 0 fully saturated rings. The molecule has 78 valence electrons. The molecular formula is C8H8FN5O. The Kier molecular flexibility index (Phi) is 2.53. The molecule has 0 aliphatic heterocycles. The van der Waals surface area contributed by atoms with E-state index in [9.17, 15) is 4.39 Å². The summed E-state index contributed by atoms with van der Waals surface area (Å²) in [6, 6.07) is 2.71. The predicted octanol–water partition coefficient (Wildman–Crippen LogP) is 0.323. The molecular weight excluding hydrogens is 201 g/mol. The van der Waals surface area contributed by atoms with Gasteiger partial charge in [0.15, 0.2) is 6.61 Å². The first-order chi connectivity index (χ1) is 7.24. The molecule has 0 N–H and O–H groups in total. The third-order valence-electron chi connectivity index (χ3n) is 1.62. The highest BCUT2D eigenvalue weighted by Crippen LogP contribution is 2.09. The van der Waals surface area contributed by atoms with E-state index in [-0.39, 0.29) is 6.61 Å². The molecule has 0 radical (unpaired) electrons. The Morgan fingerprint density at radius 1 is 1.47 bits per heavy atom. The summed E-state index contributed by atoms with van der Waals surface area (Å²) < 4.78 is 17.7. The summed E-state index contributed by atoms with van der Waals surface area (Å²) in [6.45, 7) is 0.182. The Labute approximate surface area is 84.7 Å². The van der Waals surface area contributed by atoms with E-state index in [1.165, 1.54) is 23.1 Å². The van der Waals surface area contributed by atoms with Gasteiger partial charge in [0.25, 0.3) is 0 Å². The van der Waals surface area contributed by atoms with Crippen LogP contribution in [0.5, 0.6) is 5.75 Å². The van der Waals surface area contributed by atoms with Gasteiger partial charge in [-0.1, -0.05) is 0 Å². The van der Waals surface area contributed by atoms with Crippen LogP contribution in [0.3, 0.4) is 0 Å². The van der Waals surface area contributed by atoms with Crippen molar-refractivity contribution in [3.8, 4) is 5.75 Å². The zero-order valence-corrected chi connectivity index (χ0v) is 7.96. The minimum Gasteiger partial charge on any atom is -0.484 e. The number of halogens is 1. The summed E-state index contributed by atoms with van der Waals surface area (Å²) in [4.78, 5) is 4.78. The first kappa shape index (κ1) is 9.50. The SMILES string of the molecule is Cn1nnc(COc2ccc(F)nc2)n1. The van der Waals surface area contributed by atoms with Crippen LogP contribution < -0.4 is 4.74 Å². The van der Waals surface area contributed by atoms with Gasteiger partial charge in [0.1, 0.15) is 5.75 Å². The zero-order chi connectivity index (χ0) is 10.7. The van der Waals surface area contributed by atoms with Gasteiger partial charge in [-0.25, -0.2) is 4.98 Å². The molecule has 0 unspecified atom stereocenters. The van der Waals surface area contributed by atoms with Crippen LogP contribution in [0.2, 0.25) is 0 Å². The number of rotatable bonds is 3. The highest BCUT2D eigenvalue weighted by Gasteiger charge is 2.01. The molecule has 7 heteroatoms. The smallest absolute Gasteiger partial charge is 0.213 e. The summed E-state index contributed by atoms with van der Waals surface area (Å²) >= 11 is 0. The zero-order valence-electron chi connectivity index (χ0n) is 7.96. The summed E-state index contributed by atoms with van der Waals surface area (Å²) in [6.07, 6.45) is 1.30. The molecule has 2 aromatic rings. The maximum absolute atomic E-state index is 12.4. The third kappa shape index (κ3) is 2.46. The predicted molar refractivity (Wildman–Crippen MR) is 47.3 cm³/mol. The number of hydrogen-bond donors (Lipinski definition) is 0. The lowest BCUT2D eigenvalue weighted by molar-refractivity contribution is 0.293. The van der Waals surface area contributed by atoms with E-state index in [1.807, 2.05) is 0 Å². The van der Waals surface area contributed by atoms with Crippen molar-refractivity contribution in [3.05, 3.63) is 30.1 Å². The van der Waals surface area contributed by atoms with Crippen LogP contribution in [0.25, 0.3) is 0 Å². The summed E-state index contributed by atoms with van der Waals surface area (Å²) in [7, 11) is 1.66. The van der Waals surface area contributed by atoms with Crippen molar-refractivity contribution in [2.75, 3.05) is 0 Å². The number of nitrogens with zero attached hydrogens (tertiary/aromatic N) is 5. The molecule has 0 saturated carbocycles. The largest absolute Gasteiger partial charge is 0.484 e. The highest BCUT2D eigenvalue weighted by atomic mass is 19.1. The number of pyridine rings is 1. The fourth-order valence-corrected chi connectivity index (χ4v) is 0.977. The second-order valence-electron chi connectivity index (χ2n) is 2.80. The van der Waals surface area contributed by atoms with Gasteiger partial charge in [-0.05, 0) is 17.3 Å². The van der Waals surface area contributed by atoms with E-state index in [0.29, 0.717) is 11.6 Å². The van der Waals surface area contributed by atoms with Crippen LogP contribution in [-0.2, 0) is 13.7 Å². The van der Waals surface area contributed by atoms with Crippen molar-refractivity contribution in [2.24, 2.45) is 7.05 Å². The first-order valence-electron chi connectivity index (χ1n) is 4.21. The summed E-state index contributed by atoms with van der Waals surface area (Å²) in [5, 5.41) is 11.3. The monoisotopic (exact) mass is 209 g/mol. The van der Waals surface area contributed by atoms with Crippen LogP contribution in [0.15, 0.2) is 18.3 Å². The maximum Gasteiger partial charge on any atom is 0.213 e. The Morgan fingerprint density at radius 3 is 2.93 bits per heavy atom. The van der Waals surface area contributed by atoms with Crippen molar-refractivity contribution >= 4 is 0 Å². The van der Waals surface area contributed by atoms with Crippen LogP contribution in [0.1, 0.15) is 5.82 Å². The molecule has 6 nitrogen and oxygen atoms in total. The quantitative estimate of drug-likeness (QED) is 0.681. The highest BCUT2D eigenvalue weighted by molar-refractivity contribution is 5.16. The molecule has 0 atom stereocenters. The molecule has 0 bridgehead atoms. The average Bonchev–Trinajstić information content (AvgIpc) is 2.64. The number of tetrazole rings is 1. The normalized spacial score (nSPS) is 10.3. The minimum absolute atomic E-state index is 0.182. The van der Waals surface area contributed by atoms with Crippen LogP contribution in [0, 0.1) is 5.95 Å². The van der Waals surface area contributed by atoms with Crippen molar-refractivity contribution < 1.29 is 9.13 Å². The van der Waals surface area contributed by atoms with Gasteiger partial charge in [-0.15, -0.1) is 10.2 Å². The fraction of sp³-hybridized carbons (Fsp3) is 0.250. The van der Waals surface area contributed by atoms with Gasteiger partial charge in [0.2, 0.25) is 11.8 Å². The molecule has 0 amide bonds. The second-order valence-corrected chi connectivity index (χ2v) is 2.80. The number of aromatic nitrogens is 5. The van der Waals surface area contributed by atoms with Crippen molar-refractivity contribution in [2.45, 2.75) is 6.61 Å². The molecule has 0 aliphatic rings. The molecule has 0 spiro atoms. The van der Waals surface area contributed by atoms with Gasteiger partial charge in [0.05, 0.1) is 13.2 Å². The minimum atomic E-state index is -0.542. The van der Waals surface area contributed by atoms with Crippen LogP contribution >= 0.6 is 0 Å². The summed E-state index contributed by atoms with van der Waals surface area (Å²) in [5.74, 6) is 0.380. The van der Waals surface area contributed by atoms with Gasteiger partial charge < -0.3 is 4.74 Å². The van der Waals surface area contributed by atoms with E-state index >= 15 is 0 Å². The number of aryl methyl sites for hydroxylation is 1. The van der Waals surface area contributed by atoms with E-state index < -0.39 is 5.95 Å². The Balaban J connectivity index is 1.96. The molecule has 15 heavy (non-hydrogen) atoms. The molecule has 2 rings (SSSR count). The molecule has 0 aliphatic carbocycles. The molecule has 2 heterocycles. The van der Waals surface area contributed by atoms with E-state index in [0.717, 1.165) is 0 Å². The van der Waals surface area contributed by atoms with Crippen LogP contribution in [0.4, 0.5) is 4.39 Å². The van der Waals surface area contributed by atoms with E-state index in [1.54, 1.807) is 7.05 Å². The fourth-order valence-electron chi connectivity index (χ4n) is 0.977. The van der Waals surface area contributed by atoms with E-state index in [4.69, 9.17) is 4.74 Å². The van der Waals surface area contributed by atoms with Gasteiger partial charge >= 0.3 is 0 Å². The number of hydrogen-bond acceptors (Lipinski definition) is 5. The maximum atomic E-state index is 12.4. The lowest BCUT2D eigenvalue weighted by atomic mass is 10.4. The molecule has 2 aromatic heterocycles. The average molecular weight is 209 g/mol. The van der Waals surface area contributed by atoms with E-state index in [2.05, 4.69) is 20.4 Å². The molecule has 0 aromatic carbocycles. The van der Waals surface area contributed by atoms with Crippen LogP contribution in [-0.4, -0.2) is 25.2 Å². The van der Waals surface area contributed by atoms with Crippen molar-refractivity contribution in [3.63, 3.8) is 0 Å². The third-order valence-corrected chi connectivity index (χ3v) is 1.62. The summed E-state index contributed by atoms with van der Waals surface area (Å²) in [5.41, 5.74) is 0. The molecule has 0 saturated heterocycles. The second kappa shape index (κ2) is 3.99. The van der Waals surface area contributed by atoms with Gasteiger partial charge in [-0.3, -0.25) is 0 Å². The Bertz CT molecular complexity index is 441. The number of ether oxygens (including phenoxy) is 1. The van der Waals surface area contributed by atoms with Gasteiger partial charge in [0, 0.05) is 0 Å². The van der Waals surface area contributed by atoms with Crippen molar-refractivity contribution in [1.29, 1.82) is 0 Å². The lowest BCUT2D eigenvalue weighted by Gasteiger charge is -2.01. The van der Waals surface area contributed by atoms with Crippen molar-refractivity contribution in [1.82, 2.24) is 25.2 Å². The lowest BCUT2D eigenvalue weighted by Crippen LogP contribution is -1.99. The Hall–Kier alpha value is -2.05. The van der Waals surface area contributed by atoms with Gasteiger partial charge in [-0.2, -0.15) is 9.19 Å². The first-order valence-corrected chi connectivity index (χ1v) is 4.21. The standard InChI is InChI=1S/C8H8FN5O/c1-14-12-8(11-13-14)5-15-6-2-3-7(9)10-4-6/h2-4H,5H2,1H3. The Morgan fingerprint density at radius 2 is 2.33 bits per heavy atom.